The van der Waals surface area contributed by atoms with Crippen LogP contribution >= 0.6 is 24.8 Å². The number of amides is 1. The maximum absolute atomic E-state index is 13.4. The summed E-state index contributed by atoms with van der Waals surface area (Å²) in [4.78, 5) is 16.6. The lowest BCUT2D eigenvalue weighted by atomic mass is 9.93. The summed E-state index contributed by atoms with van der Waals surface area (Å²) in [6.07, 6.45) is -2.63. The van der Waals surface area contributed by atoms with E-state index in [1.807, 2.05) is 25.1 Å². The number of carbonyl (C=O) groups excluding carboxylic acids is 1. The summed E-state index contributed by atoms with van der Waals surface area (Å²) in [6.45, 7) is 2.68. The first kappa shape index (κ1) is 29.2. The molecule has 3 rings (SSSR count). The van der Waals surface area contributed by atoms with E-state index in [2.05, 4.69) is 17.4 Å². The molecule has 1 aliphatic rings. The Bertz CT molecular complexity index is 907. The normalized spacial score (nSPS) is 13.0. The van der Waals surface area contributed by atoms with Crippen LogP contribution in [0, 0.1) is 0 Å². The van der Waals surface area contributed by atoms with E-state index >= 15 is 0 Å². The third-order valence-corrected chi connectivity index (χ3v) is 5.70. The van der Waals surface area contributed by atoms with Crippen molar-refractivity contribution in [2.75, 3.05) is 33.7 Å². The van der Waals surface area contributed by atoms with Crippen LogP contribution in [0.15, 0.2) is 42.5 Å². The van der Waals surface area contributed by atoms with Crippen molar-refractivity contribution in [2.45, 2.75) is 38.5 Å². The molecule has 2 aromatic rings. The molecule has 0 aromatic heterocycles. The molecule has 4 nitrogen and oxygen atoms in total. The summed E-state index contributed by atoms with van der Waals surface area (Å²) < 4.78 is 40.3. The lowest BCUT2D eigenvalue weighted by Crippen LogP contribution is -2.37. The molecule has 9 heteroatoms. The lowest BCUT2D eigenvalue weighted by molar-refractivity contribution is -0.140. The van der Waals surface area contributed by atoms with Crippen LogP contribution in [0.4, 0.5) is 13.2 Å². The minimum atomic E-state index is -4.44. The van der Waals surface area contributed by atoms with E-state index in [1.165, 1.54) is 23.3 Å². The van der Waals surface area contributed by atoms with E-state index in [9.17, 15) is 18.0 Å². The molecule has 2 aromatic carbocycles. The van der Waals surface area contributed by atoms with Gasteiger partial charge in [0.2, 0.25) is 5.91 Å². The second-order valence-corrected chi connectivity index (χ2v) is 8.26. The summed E-state index contributed by atoms with van der Waals surface area (Å²) in [7, 11) is 3.77. The summed E-state index contributed by atoms with van der Waals surface area (Å²) in [5, 5.41) is 3.35. The molecule has 1 N–H and O–H groups in total. The minimum Gasteiger partial charge on any atom is -0.337 e. The van der Waals surface area contributed by atoms with E-state index in [0.29, 0.717) is 19.5 Å². The van der Waals surface area contributed by atoms with Crippen molar-refractivity contribution < 1.29 is 18.0 Å². The molecular formula is C24H32Cl2F3N3O. The smallest absolute Gasteiger partial charge is 0.337 e. The highest BCUT2D eigenvalue weighted by Crippen LogP contribution is 2.32. The van der Waals surface area contributed by atoms with Crippen molar-refractivity contribution >= 4 is 30.7 Å². The van der Waals surface area contributed by atoms with Gasteiger partial charge >= 0.3 is 6.18 Å². The van der Waals surface area contributed by atoms with Crippen molar-refractivity contribution in [3.05, 3.63) is 70.3 Å². The molecule has 0 spiro atoms. The second-order valence-electron chi connectivity index (χ2n) is 8.26. The zero-order valence-corrected chi connectivity index (χ0v) is 20.6. The molecule has 0 unspecified atom stereocenters. The zero-order valence-electron chi connectivity index (χ0n) is 19.0. The van der Waals surface area contributed by atoms with Crippen molar-refractivity contribution in [1.82, 2.24) is 15.1 Å². The van der Waals surface area contributed by atoms with Gasteiger partial charge in [0.25, 0.3) is 0 Å². The molecule has 0 atom stereocenters. The average molecular weight is 506 g/mol. The van der Waals surface area contributed by atoms with Crippen molar-refractivity contribution in [3.63, 3.8) is 0 Å². The molecular weight excluding hydrogens is 474 g/mol. The van der Waals surface area contributed by atoms with Crippen molar-refractivity contribution in [3.8, 4) is 0 Å². The highest BCUT2D eigenvalue weighted by Gasteiger charge is 2.33. The topological polar surface area (TPSA) is 35.6 Å². The predicted molar refractivity (Wildman–Crippen MR) is 130 cm³/mol. The number of alkyl halides is 3. The fourth-order valence-electron chi connectivity index (χ4n) is 4.00. The van der Waals surface area contributed by atoms with Gasteiger partial charge in [-0.05, 0) is 61.8 Å². The van der Waals surface area contributed by atoms with Crippen LogP contribution in [0.2, 0.25) is 0 Å². The highest BCUT2D eigenvalue weighted by atomic mass is 35.5. The standard InChI is InChI=1S/C24H30F3N3O.2ClH/c1-29(2)14-15-30(17-20-6-3-4-9-22(20)24(25,26)27)23(31)11-10-18-7-5-8-19-16-28-13-12-21(18)19;;/h3-9,28H,10-17H2,1-2H3;2*1H. The van der Waals surface area contributed by atoms with Crippen molar-refractivity contribution in [1.29, 1.82) is 0 Å². The summed E-state index contributed by atoms with van der Waals surface area (Å²) in [5.74, 6) is -0.120. The fraction of sp³-hybridized carbons (Fsp3) is 0.458. The van der Waals surface area contributed by atoms with Gasteiger partial charge in [-0.25, -0.2) is 0 Å². The van der Waals surface area contributed by atoms with Gasteiger partial charge in [0.15, 0.2) is 0 Å². The maximum atomic E-state index is 13.4. The number of fused-ring (bicyclic) bond motifs is 1. The van der Waals surface area contributed by atoms with Crippen LogP contribution < -0.4 is 5.32 Å². The monoisotopic (exact) mass is 505 g/mol. The van der Waals surface area contributed by atoms with E-state index in [4.69, 9.17) is 0 Å². The molecule has 0 aliphatic carbocycles. The number of likely N-dealkylation sites (N-methyl/N-ethyl adjacent to an activating group) is 1. The average Bonchev–Trinajstić information content (AvgIpc) is 2.74. The van der Waals surface area contributed by atoms with Crippen LogP contribution in [-0.4, -0.2) is 49.4 Å². The van der Waals surface area contributed by atoms with E-state index < -0.39 is 11.7 Å². The molecule has 0 radical (unpaired) electrons. The van der Waals surface area contributed by atoms with E-state index in [0.717, 1.165) is 31.1 Å². The number of rotatable bonds is 8. The van der Waals surface area contributed by atoms with Crippen LogP contribution in [-0.2, 0) is 36.9 Å². The summed E-state index contributed by atoms with van der Waals surface area (Å²) >= 11 is 0. The quantitative estimate of drug-likeness (QED) is 0.563. The fourth-order valence-corrected chi connectivity index (χ4v) is 4.00. The first-order valence-electron chi connectivity index (χ1n) is 10.6. The molecule has 1 heterocycles. The number of hydrogen-bond acceptors (Lipinski definition) is 3. The van der Waals surface area contributed by atoms with Crippen LogP contribution in [0.3, 0.4) is 0 Å². The Hall–Kier alpha value is -1.80. The number of halogens is 5. The Labute approximate surface area is 206 Å². The molecule has 33 heavy (non-hydrogen) atoms. The molecule has 0 bridgehead atoms. The lowest BCUT2D eigenvalue weighted by Gasteiger charge is -2.26. The van der Waals surface area contributed by atoms with Crippen LogP contribution in [0.1, 0.15) is 34.2 Å². The number of carbonyl (C=O) groups is 1. The van der Waals surface area contributed by atoms with Crippen LogP contribution in [0.5, 0.6) is 0 Å². The Balaban J connectivity index is 0.00000272. The second kappa shape index (κ2) is 13.2. The third-order valence-electron chi connectivity index (χ3n) is 5.70. The third kappa shape index (κ3) is 8.18. The first-order valence-corrected chi connectivity index (χ1v) is 10.6. The first-order chi connectivity index (χ1) is 14.8. The van der Waals surface area contributed by atoms with Crippen LogP contribution in [0.25, 0.3) is 0 Å². The maximum Gasteiger partial charge on any atom is 0.416 e. The Morgan fingerprint density at radius 2 is 1.70 bits per heavy atom. The minimum absolute atomic E-state index is 0. The Morgan fingerprint density at radius 3 is 2.39 bits per heavy atom. The molecule has 1 aliphatic heterocycles. The summed E-state index contributed by atoms with van der Waals surface area (Å²) in [6, 6.07) is 11.7. The van der Waals surface area contributed by atoms with Gasteiger partial charge in [-0.3, -0.25) is 4.79 Å². The number of nitrogens with zero attached hydrogens (tertiary/aromatic N) is 2. The number of hydrogen-bond donors (Lipinski definition) is 1. The van der Waals surface area contributed by atoms with Gasteiger partial charge in [0.05, 0.1) is 5.56 Å². The molecule has 0 fully saturated rings. The molecule has 0 saturated heterocycles. The number of benzene rings is 2. The summed E-state index contributed by atoms with van der Waals surface area (Å²) in [5.41, 5.74) is 3.18. The van der Waals surface area contributed by atoms with Gasteiger partial charge in [-0.15, -0.1) is 24.8 Å². The highest BCUT2D eigenvalue weighted by molar-refractivity contribution is 5.85. The van der Waals surface area contributed by atoms with Gasteiger partial charge < -0.3 is 15.1 Å². The number of nitrogens with one attached hydrogen (secondary N) is 1. The van der Waals surface area contributed by atoms with Gasteiger partial charge in [-0.1, -0.05) is 36.4 Å². The van der Waals surface area contributed by atoms with Gasteiger partial charge in [-0.2, -0.15) is 13.2 Å². The zero-order chi connectivity index (χ0) is 22.4. The Kier molecular flexibility index (Phi) is 11.7. The SMILES string of the molecule is CN(C)CCN(Cc1ccccc1C(F)(F)F)C(=O)CCc1cccc2c1CCNC2.Cl.Cl. The largest absolute Gasteiger partial charge is 0.416 e. The predicted octanol–water partition coefficient (Wildman–Crippen LogP) is 4.72. The Morgan fingerprint density at radius 1 is 1.00 bits per heavy atom. The molecule has 184 valence electrons. The van der Waals surface area contributed by atoms with Gasteiger partial charge in [0.1, 0.15) is 0 Å². The van der Waals surface area contributed by atoms with Crippen molar-refractivity contribution in [2.24, 2.45) is 0 Å². The molecule has 0 saturated carbocycles. The van der Waals surface area contributed by atoms with Gasteiger partial charge in [0, 0.05) is 32.6 Å². The van der Waals surface area contributed by atoms with E-state index in [-0.39, 0.29) is 49.3 Å². The van der Waals surface area contributed by atoms with E-state index in [1.54, 1.807) is 11.0 Å². The number of aryl methyl sites for hydroxylation is 1. The molecule has 1 amide bonds.